The lowest BCUT2D eigenvalue weighted by Crippen LogP contribution is -2.29. The number of amides is 2. The second-order valence-electron chi connectivity index (χ2n) is 5.22. The number of nitrogens with one attached hydrogen (secondary N) is 2. The number of unbranched alkanes of at least 4 members (excludes halogenated alkanes) is 2. The molecule has 5 nitrogen and oxygen atoms in total. The quantitative estimate of drug-likeness (QED) is 0.451. The fourth-order valence-electron chi connectivity index (χ4n) is 1.80. The molecule has 2 N–H and O–H groups in total. The van der Waals surface area contributed by atoms with Crippen LogP contribution in [0.1, 0.15) is 45.1 Å². The molecule has 0 bridgehead atoms. The fourth-order valence-corrected chi connectivity index (χ4v) is 1.80. The molecule has 0 saturated carbocycles. The predicted octanol–water partition coefficient (Wildman–Crippen LogP) is 3.61. The maximum Gasteiger partial charge on any atom is 0.471 e. The Bertz CT molecular complexity index is 596. The summed E-state index contributed by atoms with van der Waals surface area (Å²) in [6.07, 6.45) is -1.75. The van der Waals surface area contributed by atoms with Crippen LogP contribution < -0.4 is 10.7 Å². The van der Waals surface area contributed by atoms with E-state index in [2.05, 4.69) is 10.5 Å². The molecule has 0 atom stereocenters. The van der Waals surface area contributed by atoms with Crippen LogP contribution in [-0.2, 0) is 9.59 Å². The molecule has 1 aromatic rings. The van der Waals surface area contributed by atoms with Gasteiger partial charge in [0, 0.05) is 12.1 Å². The molecular formula is C16H20F3N3O2. The van der Waals surface area contributed by atoms with Gasteiger partial charge in [-0.05, 0) is 31.0 Å². The zero-order valence-corrected chi connectivity index (χ0v) is 13.5. The first-order valence-corrected chi connectivity index (χ1v) is 7.55. The summed E-state index contributed by atoms with van der Waals surface area (Å²) in [6, 6.07) is 5.68. The molecule has 0 aliphatic carbocycles. The average molecular weight is 343 g/mol. The van der Waals surface area contributed by atoms with Crippen molar-refractivity contribution in [2.45, 2.75) is 45.7 Å². The molecule has 132 valence electrons. The summed E-state index contributed by atoms with van der Waals surface area (Å²) in [5.74, 6) is -2.21. The summed E-state index contributed by atoms with van der Waals surface area (Å²) in [5, 5.41) is 5.71. The first-order chi connectivity index (χ1) is 11.2. The smallest absolute Gasteiger partial charge is 0.318 e. The molecule has 0 spiro atoms. The molecule has 0 fully saturated rings. The van der Waals surface area contributed by atoms with E-state index in [4.69, 9.17) is 0 Å². The maximum atomic E-state index is 12.2. The van der Waals surface area contributed by atoms with Crippen molar-refractivity contribution in [3.05, 3.63) is 29.8 Å². The van der Waals surface area contributed by atoms with E-state index < -0.39 is 12.1 Å². The van der Waals surface area contributed by atoms with E-state index in [1.54, 1.807) is 12.2 Å². The molecule has 0 aromatic heterocycles. The molecule has 0 saturated heterocycles. The minimum Gasteiger partial charge on any atom is -0.318 e. The van der Waals surface area contributed by atoms with Gasteiger partial charge in [0.15, 0.2) is 0 Å². The van der Waals surface area contributed by atoms with Gasteiger partial charge in [-0.2, -0.15) is 18.3 Å². The molecule has 24 heavy (non-hydrogen) atoms. The number of hydrogen-bond donors (Lipinski definition) is 2. The third-order valence-corrected chi connectivity index (χ3v) is 3.17. The molecule has 0 aliphatic heterocycles. The first-order valence-electron chi connectivity index (χ1n) is 7.55. The van der Waals surface area contributed by atoms with E-state index >= 15 is 0 Å². The molecule has 0 heterocycles. The Morgan fingerprint density at radius 2 is 1.75 bits per heavy atom. The number of carbonyl (C=O) groups excluding carboxylic acids is 2. The average Bonchev–Trinajstić information content (AvgIpc) is 2.52. The molecule has 2 amide bonds. The van der Waals surface area contributed by atoms with Crippen LogP contribution in [0.25, 0.3) is 0 Å². The van der Waals surface area contributed by atoms with Crippen LogP contribution in [-0.4, -0.2) is 23.7 Å². The van der Waals surface area contributed by atoms with E-state index in [1.807, 2.05) is 6.92 Å². The SMILES string of the molecule is CCCCCC(=O)N/N=C(/C)c1ccc(NC(=O)C(F)(F)F)cc1. The second kappa shape index (κ2) is 9.05. The van der Waals surface area contributed by atoms with Crippen molar-refractivity contribution in [1.82, 2.24) is 5.43 Å². The van der Waals surface area contributed by atoms with Crippen LogP contribution in [0, 0.1) is 0 Å². The van der Waals surface area contributed by atoms with Gasteiger partial charge in [-0.3, -0.25) is 9.59 Å². The second-order valence-corrected chi connectivity index (χ2v) is 5.22. The number of carbonyl (C=O) groups is 2. The number of rotatable bonds is 7. The van der Waals surface area contributed by atoms with E-state index in [0.29, 0.717) is 17.7 Å². The molecule has 0 unspecified atom stereocenters. The lowest BCUT2D eigenvalue weighted by molar-refractivity contribution is -0.167. The van der Waals surface area contributed by atoms with Crippen LogP contribution in [0.2, 0.25) is 0 Å². The van der Waals surface area contributed by atoms with Crippen LogP contribution in [0.15, 0.2) is 29.4 Å². The number of nitrogens with zero attached hydrogens (tertiary/aromatic N) is 1. The molecular weight excluding hydrogens is 323 g/mol. The molecule has 0 aliphatic rings. The Morgan fingerprint density at radius 3 is 2.29 bits per heavy atom. The largest absolute Gasteiger partial charge is 0.471 e. The topological polar surface area (TPSA) is 70.6 Å². The van der Waals surface area contributed by atoms with Crippen molar-refractivity contribution in [3.8, 4) is 0 Å². The minimum absolute atomic E-state index is 0.0254. The third kappa shape index (κ3) is 6.80. The Hall–Kier alpha value is -2.38. The summed E-state index contributed by atoms with van der Waals surface area (Å²) < 4.78 is 36.5. The lowest BCUT2D eigenvalue weighted by Gasteiger charge is -2.08. The zero-order chi connectivity index (χ0) is 18.2. The van der Waals surface area contributed by atoms with Gasteiger partial charge < -0.3 is 5.32 Å². The Morgan fingerprint density at radius 1 is 1.12 bits per heavy atom. The maximum absolute atomic E-state index is 12.2. The van der Waals surface area contributed by atoms with E-state index in [-0.39, 0.29) is 11.6 Å². The molecule has 1 aromatic carbocycles. The number of halogens is 3. The lowest BCUT2D eigenvalue weighted by atomic mass is 10.1. The highest BCUT2D eigenvalue weighted by Gasteiger charge is 2.38. The van der Waals surface area contributed by atoms with Crippen molar-refractivity contribution < 1.29 is 22.8 Å². The van der Waals surface area contributed by atoms with Crippen molar-refractivity contribution >= 4 is 23.2 Å². The first kappa shape index (κ1) is 19.7. The summed E-state index contributed by atoms with van der Waals surface area (Å²) in [5.41, 5.74) is 3.59. The van der Waals surface area contributed by atoms with Crippen LogP contribution in [0.4, 0.5) is 18.9 Å². The Kier molecular flexibility index (Phi) is 7.41. The van der Waals surface area contributed by atoms with Crippen LogP contribution in [0.3, 0.4) is 0 Å². The van der Waals surface area contributed by atoms with Gasteiger partial charge in [-0.25, -0.2) is 5.43 Å². The van der Waals surface area contributed by atoms with Gasteiger partial charge in [-0.1, -0.05) is 31.9 Å². The monoisotopic (exact) mass is 343 g/mol. The standard InChI is InChI=1S/C16H20F3N3O2/c1-3-4-5-6-14(23)22-21-11(2)12-7-9-13(10-8-12)20-15(24)16(17,18)19/h7-10H,3-6H2,1-2H3,(H,20,24)(H,22,23)/b21-11-. The van der Waals surface area contributed by atoms with Gasteiger partial charge in [0.1, 0.15) is 0 Å². The fraction of sp³-hybridized carbons (Fsp3) is 0.438. The minimum atomic E-state index is -4.93. The number of benzene rings is 1. The third-order valence-electron chi connectivity index (χ3n) is 3.17. The zero-order valence-electron chi connectivity index (χ0n) is 13.5. The highest BCUT2D eigenvalue weighted by Crippen LogP contribution is 2.18. The van der Waals surface area contributed by atoms with Gasteiger partial charge >= 0.3 is 12.1 Å². The van der Waals surface area contributed by atoms with Gasteiger partial charge in [0.2, 0.25) is 5.91 Å². The van der Waals surface area contributed by atoms with Gasteiger partial charge in [0.05, 0.1) is 5.71 Å². The van der Waals surface area contributed by atoms with Crippen molar-refractivity contribution in [2.75, 3.05) is 5.32 Å². The Labute approximate surface area is 138 Å². The van der Waals surface area contributed by atoms with Crippen molar-refractivity contribution in [2.24, 2.45) is 5.10 Å². The Balaban J connectivity index is 2.60. The summed E-state index contributed by atoms with van der Waals surface area (Å²) >= 11 is 0. The molecule has 0 radical (unpaired) electrons. The predicted molar refractivity (Wildman–Crippen MR) is 85.6 cm³/mol. The summed E-state index contributed by atoms with van der Waals surface area (Å²) in [4.78, 5) is 22.4. The highest BCUT2D eigenvalue weighted by atomic mass is 19.4. The van der Waals surface area contributed by atoms with Crippen LogP contribution >= 0.6 is 0 Å². The summed E-state index contributed by atoms with van der Waals surface area (Å²) in [7, 11) is 0. The van der Waals surface area contributed by atoms with Gasteiger partial charge in [0.25, 0.3) is 0 Å². The van der Waals surface area contributed by atoms with E-state index in [1.165, 1.54) is 24.3 Å². The van der Waals surface area contributed by atoms with E-state index in [0.717, 1.165) is 19.3 Å². The summed E-state index contributed by atoms with van der Waals surface area (Å²) in [6.45, 7) is 3.70. The normalized spacial score (nSPS) is 12.0. The van der Waals surface area contributed by atoms with Crippen molar-refractivity contribution in [1.29, 1.82) is 0 Å². The molecule has 8 heteroatoms. The number of anilines is 1. The number of alkyl halides is 3. The number of hydrazone groups is 1. The molecule has 1 rings (SSSR count). The van der Waals surface area contributed by atoms with E-state index in [9.17, 15) is 22.8 Å². The highest BCUT2D eigenvalue weighted by molar-refractivity contribution is 6.00. The van der Waals surface area contributed by atoms with Crippen LogP contribution in [0.5, 0.6) is 0 Å². The van der Waals surface area contributed by atoms with Gasteiger partial charge in [-0.15, -0.1) is 0 Å². The number of hydrogen-bond acceptors (Lipinski definition) is 3. The van der Waals surface area contributed by atoms with Crippen molar-refractivity contribution in [3.63, 3.8) is 0 Å².